The Morgan fingerprint density at radius 2 is 2.33 bits per heavy atom. The highest BCUT2D eigenvalue weighted by Crippen LogP contribution is 2.32. The van der Waals surface area contributed by atoms with E-state index in [2.05, 4.69) is 5.32 Å². The maximum absolute atomic E-state index is 11.0. The predicted octanol–water partition coefficient (Wildman–Crippen LogP) is 0.674. The second kappa shape index (κ2) is 4.45. The number of rotatable bonds is 5. The number of aliphatic hydroxyl groups is 1. The molecule has 0 aliphatic heterocycles. The molecule has 0 spiro atoms. The van der Waals surface area contributed by atoms with Crippen LogP contribution in [0.1, 0.15) is 32.6 Å². The van der Waals surface area contributed by atoms with Crippen LogP contribution in [-0.2, 0) is 4.79 Å². The summed E-state index contributed by atoms with van der Waals surface area (Å²) in [6.07, 6.45) is 3.35. The van der Waals surface area contributed by atoms with Crippen LogP contribution >= 0.6 is 0 Å². The highest BCUT2D eigenvalue weighted by Gasteiger charge is 2.29. The first-order valence-electron chi connectivity index (χ1n) is 4.68. The molecule has 0 saturated heterocycles. The summed E-state index contributed by atoms with van der Waals surface area (Å²) in [5.74, 6) is 0.504. The van der Waals surface area contributed by atoms with Crippen molar-refractivity contribution in [3.05, 3.63) is 0 Å². The van der Waals surface area contributed by atoms with Gasteiger partial charge in [0.1, 0.15) is 0 Å². The second-order valence-electron chi connectivity index (χ2n) is 3.46. The molecule has 3 heteroatoms. The number of hydrogen-bond acceptors (Lipinski definition) is 2. The van der Waals surface area contributed by atoms with Gasteiger partial charge < -0.3 is 10.4 Å². The van der Waals surface area contributed by atoms with E-state index in [1.54, 1.807) is 0 Å². The Labute approximate surface area is 73.2 Å². The molecule has 0 aromatic rings. The Bertz CT molecular complexity index is 155. The van der Waals surface area contributed by atoms with Crippen molar-refractivity contribution in [2.75, 3.05) is 6.54 Å². The Balaban J connectivity index is 2.03. The maximum Gasteiger partial charge on any atom is 0.220 e. The lowest BCUT2D eigenvalue weighted by Crippen LogP contribution is -2.32. The van der Waals surface area contributed by atoms with Gasteiger partial charge in [0, 0.05) is 13.0 Å². The molecule has 12 heavy (non-hydrogen) atoms. The monoisotopic (exact) mass is 171 g/mol. The van der Waals surface area contributed by atoms with Crippen LogP contribution in [0.15, 0.2) is 0 Å². The standard InChI is InChI=1S/C9H17NO2/c1-2-3-9(12)10-6-8(11)7-4-5-7/h7-8,11H,2-6H2,1H3,(H,10,12). The quantitative estimate of drug-likeness (QED) is 0.639. The fourth-order valence-electron chi connectivity index (χ4n) is 1.18. The van der Waals surface area contributed by atoms with Crippen molar-refractivity contribution in [1.29, 1.82) is 0 Å². The second-order valence-corrected chi connectivity index (χ2v) is 3.46. The highest BCUT2D eigenvalue weighted by atomic mass is 16.3. The molecule has 1 aliphatic rings. The number of hydrogen-bond donors (Lipinski definition) is 2. The van der Waals surface area contributed by atoms with Crippen LogP contribution in [0.3, 0.4) is 0 Å². The molecule has 0 heterocycles. The average Bonchev–Trinajstić information content (AvgIpc) is 2.83. The first kappa shape index (κ1) is 9.52. The Kier molecular flexibility index (Phi) is 3.53. The topological polar surface area (TPSA) is 49.3 Å². The lowest BCUT2D eigenvalue weighted by Gasteiger charge is -2.09. The van der Waals surface area contributed by atoms with Crippen LogP contribution in [0, 0.1) is 5.92 Å². The molecular weight excluding hydrogens is 154 g/mol. The number of aliphatic hydroxyl groups excluding tert-OH is 1. The molecule has 1 amide bonds. The number of carbonyl (C=O) groups excluding carboxylic acids is 1. The largest absolute Gasteiger partial charge is 0.391 e. The zero-order valence-corrected chi connectivity index (χ0v) is 7.55. The molecule has 0 aromatic heterocycles. The number of nitrogens with one attached hydrogen (secondary N) is 1. The fraction of sp³-hybridized carbons (Fsp3) is 0.889. The lowest BCUT2D eigenvalue weighted by atomic mass is 10.2. The summed E-state index contributed by atoms with van der Waals surface area (Å²) in [6.45, 7) is 2.40. The summed E-state index contributed by atoms with van der Waals surface area (Å²) < 4.78 is 0. The van der Waals surface area contributed by atoms with Crippen molar-refractivity contribution in [1.82, 2.24) is 5.32 Å². The van der Waals surface area contributed by atoms with Gasteiger partial charge in [-0.2, -0.15) is 0 Å². The van der Waals surface area contributed by atoms with Crippen LogP contribution in [0.2, 0.25) is 0 Å². The third kappa shape index (κ3) is 3.22. The van der Waals surface area contributed by atoms with Gasteiger partial charge in [0.2, 0.25) is 5.91 Å². The summed E-state index contributed by atoms with van der Waals surface area (Å²) in [6, 6.07) is 0. The molecule has 1 unspecified atom stereocenters. The zero-order chi connectivity index (χ0) is 8.97. The van der Waals surface area contributed by atoms with Crippen LogP contribution in [-0.4, -0.2) is 23.7 Å². The van der Waals surface area contributed by atoms with Crippen LogP contribution < -0.4 is 5.32 Å². The third-order valence-corrected chi connectivity index (χ3v) is 2.15. The van der Waals surface area contributed by atoms with E-state index < -0.39 is 0 Å². The van der Waals surface area contributed by atoms with E-state index >= 15 is 0 Å². The molecule has 1 atom stereocenters. The molecule has 0 bridgehead atoms. The molecule has 1 saturated carbocycles. The van der Waals surface area contributed by atoms with Crippen LogP contribution in [0.5, 0.6) is 0 Å². The van der Waals surface area contributed by atoms with Gasteiger partial charge in [-0.25, -0.2) is 0 Å². The van der Waals surface area contributed by atoms with Crippen molar-refractivity contribution < 1.29 is 9.90 Å². The van der Waals surface area contributed by atoms with Gasteiger partial charge in [-0.15, -0.1) is 0 Å². The Morgan fingerprint density at radius 1 is 1.67 bits per heavy atom. The van der Waals surface area contributed by atoms with Crippen LogP contribution in [0.25, 0.3) is 0 Å². The van der Waals surface area contributed by atoms with Gasteiger partial charge in [0.15, 0.2) is 0 Å². The van der Waals surface area contributed by atoms with Gasteiger partial charge in [0.05, 0.1) is 6.10 Å². The molecule has 1 aliphatic carbocycles. The van der Waals surface area contributed by atoms with Crippen molar-refractivity contribution in [2.24, 2.45) is 5.92 Å². The molecule has 3 nitrogen and oxygen atoms in total. The van der Waals surface area contributed by atoms with Crippen molar-refractivity contribution in [3.63, 3.8) is 0 Å². The van der Waals surface area contributed by atoms with E-state index in [9.17, 15) is 9.90 Å². The summed E-state index contributed by atoms with van der Waals surface area (Å²) in [5, 5.41) is 12.1. The van der Waals surface area contributed by atoms with Gasteiger partial charge in [0.25, 0.3) is 0 Å². The van der Waals surface area contributed by atoms with Gasteiger partial charge in [-0.1, -0.05) is 6.92 Å². The summed E-state index contributed by atoms with van der Waals surface area (Å²) in [5.41, 5.74) is 0. The van der Waals surface area contributed by atoms with E-state index in [0.717, 1.165) is 19.3 Å². The summed E-state index contributed by atoms with van der Waals surface area (Å²) >= 11 is 0. The van der Waals surface area contributed by atoms with Gasteiger partial charge >= 0.3 is 0 Å². The molecule has 1 fully saturated rings. The first-order valence-corrected chi connectivity index (χ1v) is 4.68. The van der Waals surface area contributed by atoms with E-state index in [-0.39, 0.29) is 12.0 Å². The van der Waals surface area contributed by atoms with Crippen molar-refractivity contribution >= 4 is 5.91 Å². The minimum Gasteiger partial charge on any atom is -0.391 e. The van der Waals surface area contributed by atoms with Gasteiger partial charge in [-0.3, -0.25) is 4.79 Å². The van der Waals surface area contributed by atoms with E-state index in [1.807, 2.05) is 6.92 Å². The molecule has 0 radical (unpaired) electrons. The smallest absolute Gasteiger partial charge is 0.220 e. The average molecular weight is 171 g/mol. The third-order valence-electron chi connectivity index (χ3n) is 2.15. The lowest BCUT2D eigenvalue weighted by molar-refractivity contribution is -0.121. The predicted molar refractivity (Wildman–Crippen MR) is 46.6 cm³/mol. The van der Waals surface area contributed by atoms with Gasteiger partial charge in [-0.05, 0) is 25.2 Å². The minimum atomic E-state index is -0.314. The van der Waals surface area contributed by atoms with Crippen molar-refractivity contribution in [3.8, 4) is 0 Å². The molecule has 2 N–H and O–H groups in total. The summed E-state index contributed by atoms with van der Waals surface area (Å²) in [7, 11) is 0. The number of amides is 1. The Hall–Kier alpha value is -0.570. The van der Waals surface area contributed by atoms with Crippen LogP contribution in [0.4, 0.5) is 0 Å². The normalized spacial score (nSPS) is 18.8. The molecule has 0 aromatic carbocycles. The number of carbonyl (C=O) groups is 1. The van der Waals surface area contributed by atoms with E-state index in [1.165, 1.54) is 0 Å². The SMILES string of the molecule is CCCC(=O)NCC(O)C1CC1. The molecule has 1 rings (SSSR count). The van der Waals surface area contributed by atoms with E-state index in [0.29, 0.717) is 18.9 Å². The highest BCUT2D eigenvalue weighted by molar-refractivity contribution is 5.75. The molecule has 70 valence electrons. The van der Waals surface area contributed by atoms with E-state index in [4.69, 9.17) is 0 Å². The first-order chi connectivity index (χ1) is 5.74. The Morgan fingerprint density at radius 3 is 2.83 bits per heavy atom. The fourth-order valence-corrected chi connectivity index (χ4v) is 1.18. The maximum atomic E-state index is 11.0. The zero-order valence-electron chi connectivity index (χ0n) is 7.55. The van der Waals surface area contributed by atoms with Crippen molar-refractivity contribution in [2.45, 2.75) is 38.7 Å². The summed E-state index contributed by atoms with van der Waals surface area (Å²) in [4.78, 5) is 11.0. The minimum absolute atomic E-state index is 0.0530. The molecular formula is C9H17NO2.